The second kappa shape index (κ2) is 8.60. The van der Waals surface area contributed by atoms with E-state index in [0.717, 1.165) is 32.5 Å². The zero-order valence-corrected chi connectivity index (χ0v) is 18.8. The zero-order chi connectivity index (χ0) is 22.1. The van der Waals surface area contributed by atoms with Crippen LogP contribution in [0.4, 0.5) is 10.8 Å². The number of amides is 2. The maximum absolute atomic E-state index is 12.9. The van der Waals surface area contributed by atoms with Crippen LogP contribution in [-0.2, 0) is 16.6 Å². The van der Waals surface area contributed by atoms with Gasteiger partial charge in [-0.2, -0.15) is 0 Å². The van der Waals surface area contributed by atoms with Gasteiger partial charge in [-0.1, -0.05) is 53.8 Å². The van der Waals surface area contributed by atoms with Gasteiger partial charge in [-0.15, -0.1) is 11.8 Å². The first-order valence-electron chi connectivity index (χ1n) is 9.96. The molecular formula is C23H19N5O2S2. The lowest BCUT2D eigenvalue weighted by Crippen LogP contribution is -2.41. The fourth-order valence-electron chi connectivity index (χ4n) is 3.53. The number of hydrogen-bond acceptors (Lipinski definition) is 6. The molecule has 7 nitrogen and oxygen atoms in total. The molecule has 1 aliphatic rings. The van der Waals surface area contributed by atoms with Crippen molar-refractivity contribution >= 4 is 45.7 Å². The summed E-state index contributed by atoms with van der Waals surface area (Å²) in [6, 6.07) is 17.4. The van der Waals surface area contributed by atoms with E-state index in [1.807, 2.05) is 72.4 Å². The van der Waals surface area contributed by atoms with Gasteiger partial charge in [-0.05, 0) is 12.1 Å². The van der Waals surface area contributed by atoms with Crippen LogP contribution in [0.25, 0.3) is 22.0 Å². The average molecular weight is 462 g/mol. The fourth-order valence-corrected chi connectivity index (χ4v) is 5.51. The monoisotopic (exact) mass is 461 g/mol. The molecule has 0 radical (unpaired) electrons. The number of benzene rings is 2. The highest BCUT2D eigenvalue weighted by molar-refractivity contribution is 8.00. The maximum Gasteiger partial charge on any atom is 0.246 e. The number of rotatable bonds is 5. The van der Waals surface area contributed by atoms with Crippen molar-refractivity contribution in [3.63, 3.8) is 0 Å². The van der Waals surface area contributed by atoms with Crippen LogP contribution in [0.2, 0.25) is 0 Å². The molecule has 0 unspecified atom stereocenters. The van der Waals surface area contributed by atoms with Gasteiger partial charge in [0.2, 0.25) is 11.8 Å². The van der Waals surface area contributed by atoms with Gasteiger partial charge >= 0.3 is 0 Å². The number of anilines is 2. The molecule has 0 saturated heterocycles. The number of carbonyl (C=O) groups is 2. The number of para-hydroxylation sites is 1. The summed E-state index contributed by atoms with van der Waals surface area (Å²) in [5.74, 6) is 0.726. The molecule has 4 aromatic rings. The Morgan fingerprint density at radius 3 is 2.69 bits per heavy atom. The molecule has 0 bridgehead atoms. The quantitative estimate of drug-likeness (QED) is 0.480. The van der Waals surface area contributed by atoms with E-state index in [9.17, 15) is 9.59 Å². The lowest BCUT2D eigenvalue weighted by molar-refractivity contribution is -0.120. The first kappa shape index (κ1) is 20.5. The Labute approximate surface area is 193 Å². The van der Waals surface area contributed by atoms with Crippen molar-refractivity contribution in [2.24, 2.45) is 7.05 Å². The van der Waals surface area contributed by atoms with Crippen LogP contribution in [-0.4, -0.2) is 38.6 Å². The largest absolute Gasteiger partial charge is 0.333 e. The molecule has 5 rings (SSSR count). The van der Waals surface area contributed by atoms with Gasteiger partial charge in [-0.3, -0.25) is 9.59 Å². The number of hydrogen-bond donors (Lipinski definition) is 1. The van der Waals surface area contributed by atoms with Crippen LogP contribution in [0.1, 0.15) is 0 Å². The van der Waals surface area contributed by atoms with E-state index in [1.54, 1.807) is 6.20 Å². The molecule has 9 heteroatoms. The van der Waals surface area contributed by atoms with Gasteiger partial charge in [-0.25, -0.2) is 9.97 Å². The predicted molar refractivity (Wildman–Crippen MR) is 128 cm³/mol. The minimum absolute atomic E-state index is 0.0611. The third-order valence-electron chi connectivity index (χ3n) is 5.05. The number of aromatic nitrogens is 3. The lowest BCUT2D eigenvalue weighted by Gasteiger charge is -2.28. The SMILES string of the molecule is Cn1ccnc1-c1sc(NC(=O)CN2C(=O)CSc3ccccc32)nc1-c1ccccc1. The molecule has 160 valence electrons. The number of nitrogens with one attached hydrogen (secondary N) is 1. The van der Waals surface area contributed by atoms with Crippen LogP contribution in [0.15, 0.2) is 71.9 Å². The van der Waals surface area contributed by atoms with Gasteiger partial charge < -0.3 is 14.8 Å². The minimum atomic E-state index is -0.292. The summed E-state index contributed by atoms with van der Waals surface area (Å²) in [5, 5.41) is 3.35. The van der Waals surface area contributed by atoms with E-state index in [2.05, 4.69) is 10.3 Å². The summed E-state index contributed by atoms with van der Waals surface area (Å²) in [4.78, 5) is 37.9. The molecule has 2 aromatic heterocycles. The summed E-state index contributed by atoms with van der Waals surface area (Å²) in [5.41, 5.74) is 2.47. The van der Waals surface area contributed by atoms with Gasteiger partial charge in [0.15, 0.2) is 11.0 Å². The Bertz CT molecular complexity index is 1300. The van der Waals surface area contributed by atoms with Crippen LogP contribution in [0, 0.1) is 0 Å². The smallest absolute Gasteiger partial charge is 0.246 e. The molecule has 0 atom stereocenters. The maximum atomic E-state index is 12.9. The van der Waals surface area contributed by atoms with Crippen molar-refractivity contribution in [3.8, 4) is 22.0 Å². The van der Waals surface area contributed by atoms with E-state index < -0.39 is 0 Å². The van der Waals surface area contributed by atoms with Gasteiger partial charge in [0.1, 0.15) is 6.54 Å². The molecule has 1 N–H and O–H groups in total. The number of carbonyl (C=O) groups excluding carboxylic acids is 2. The standard InChI is InChI=1S/C23H19N5O2S2/c1-27-12-11-24-22(27)21-20(15-7-3-2-4-8-15)26-23(32-21)25-18(29)13-28-16-9-5-6-10-17(16)31-14-19(28)30/h2-12H,13-14H2,1H3,(H,25,26,29). The van der Waals surface area contributed by atoms with Crippen molar-refractivity contribution in [3.05, 3.63) is 67.0 Å². The molecule has 0 aliphatic carbocycles. The van der Waals surface area contributed by atoms with E-state index >= 15 is 0 Å². The molecule has 2 amide bonds. The van der Waals surface area contributed by atoms with Crippen LogP contribution in [0.3, 0.4) is 0 Å². The highest BCUT2D eigenvalue weighted by Crippen LogP contribution is 2.38. The summed E-state index contributed by atoms with van der Waals surface area (Å²) < 4.78 is 1.92. The molecule has 32 heavy (non-hydrogen) atoms. The van der Waals surface area contributed by atoms with E-state index in [4.69, 9.17) is 4.98 Å². The minimum Gasteiger partial charge on any atom is -0.333 e. The number of thiazole rings is 1. The topological polar surface area (TPSA) is 80.1 Å². The van der Waals surface area contributed by atoms with Crippen molar-refractivity contribution in [1.29, 1.82) is 0 Å². The van der Waals surface area contributed by atoms with Gasteiger partial charge in [0, 0.05) is 29.9 Å². The average Bonchev–Trinajstić information content (AvgIpc) is 3.42. The fraction of sp³-hybridized carbons (Fsp3) is 0.130. The van der Waals surface area contributed by atoms with Crippen LogP contribution >= 0.6 is 23.1 Å². The third-order valence-corrected chi connectivity index (χ3v) is 7.07. The number of imidazole rings is 1. The Morgan fingerprint density at radius 1 is 1.12 bits per heavy atom. The first-order chi connectivity index (χ1) is 15.6. The Hall–Kier alpha value is -3.43. The van der Waals surface area contributed by atoms with Gasteiger partial charge in [0.25, 0.3) is 0 Å². The third kappa shape index (κ3) is 3.92. The zero-order valence-electron chi connectivity index (χ0n) is 17.2. The van der Waals surface area contributed by atoms with Gasteiger partial charge in [0.05, 0.1) is 22.0 Å². The lowest BCUT2D eigenvalue weighted by atomic mass is 10.1. The van der Waals surface area contributed by atoms with Crippen LogP contribution < -0.4 is 10.2 Å². The second-order valence-electron chi connectivity index (χ2n) is 7.21. The molecular weight excluding hydrogens is 442 g/mol. The van der Waals surface area contributed by atoms with E-state index in [-0.39, 0.29) is 18.4 Å². The summed E-state index contributed by atoms with van der Waals surface area (Å²) in [7, 11) is 1.92. The first-order valence-corrected chi connectivity index (χ1v) is 11.8. The summed E-state index contributed by atoms with van der Waals surface area (Å²) >= 11 is 2.86. The van der Waals surface area contributed by atoms with Crippen molar-refractivity contribution in [2.75, 3.05) is 22.5 Å². The molecule has 0 spiro atoms. The summed E-state index contributed by atoms with van der Waals surface area (Å²) in [6.07, 6.45) is 3.61. The second-order valence-corrected chi connectivity index (χ2v) is 9.23. The molecule has 1 aliphatic heterocycles. The Kier molecular flexibility index (Phi) is 5.50. The van der Waals surface area contributed by atoms with Crippen molar-refractivity contribution in [2.45, 2.75) is 4.90 Å². The number of thioether (sulfide) groups is 1. The molecule has 2 aromatic carbocycles. The highest BCUT2D eigenvalue weighted by Gasteiger charge is 2.27. The Morgan fingerprint density at radius 2 is 1.91 bits per heavy atom. The molecule has 3 heterocycles. The number of fused-ring (bicyclic) bond motifs is 1. The predicted octanol–water partition coefficient (Wildman–Crippen LogP) is 4.29. The summed E-state index contributed by atoms with van der Waals surface area (Å²) in [6.45, 7) is -0.0611. The van der Waals surface area contributed by atoms with E-state index in [1.165, 1.54) is 28.0 Å². The number of aryl methyl sites for hydroxylation is 1. The van der Waals surface area contributed by atoms with E-state index in [0.29, 0.717) is 10.9 Å². The molecule has 0 fully saturated rings. The Balaban J connectivity index is 1.43. The number of nitrogens with zero attached hydrogens (tertiary/aromatic N) is 4. The van der Waals surface area contributed by atoms with Crippen LogP contribution in [0.5, 0.6) is 0 Å². The normalized spacial score (nSPS) is 13.2. The highest BCUT2D eigenvalue weighted by atomic mass is 32.2. The van der Waals surface area contributed by atoms with Crippen molar-refractivity contribution < 1.29 is 9.59 Å². The molecule has 0 saturated carbocycles. The van der Waals surface area contributed by atoms with Crippen molar-refractivity contribution in [1.82, 2.24) is 14.5 Å².